The molecule has 1 aliphatic rings. The highest BCUT2D eigenvalue weighted by molar-refractivity contribution is 5.96. The fourth-order valence-corrected chi connectivity index (χ4v) is 6.60. The van der Waals surface area contributed by atoms with Gasteiger partial charge in [0.05, 0.1) is 22.9 Å². The van der Waals surface area contributed by atoms with Gasteiger partial charge in [-0.1, -0.05) is 32.0 Å². The van der Waals surface area contributed by atoms with Crippen LogP contribution in [0, 0.1) is 5.41 Å². The van der Waals surface area contributed by atoms with Gasteiger partial charge in [-0.3, -0.25) is 9.59 Å². The number of phenolic OH excluding ortho intramolecular Hbond substituents is 1. The average Bonchev–Trinajstić information content (AvgIpc) is 3.12. The Morgan fingerprint density at radius 1 is 1.16 bits per heavy atom. The number of ether oxygens (including phenoxy) is 1. The van der Waals surface area contributed by atoms with Gasteiger partial charge < -0.3 is 46.6 Å². The van der Waals surface area contributed by atoms with Crippen molar-refractivity contribution in [3.05, 3.63) is 92.4 Å². The Kier molecular flexibility index (Phi) is 12.5. The summed E-state index contributed by atoms with van der Waals surface area (Å²) in [6.07, 6.45) is 4.34. The van der Waals surface area contributed by atoms with E-state index in [1.807, 2.05) is 39.0 Å². The molecule has 1 amide bonds. The Morgan fingerprint density at radius 3 is 2.67 bits per heavy atom. The molecule has 1 fully saturated rings. The molecule has 5 rings (SSSR count). The van der Waals surface area contributed by atoms with E-state index in [1.165, 1.54) is 18.3 Å². The normalized spacial score (nSPS) is 14.3. The number of aliphatic hydroxyl groups excluding tert-OH is 1. The second-order valence-electron chi connectivity index (χ2n) is 13.8. The first-order valence-corrected chi connectivity index (χ1v) is 17.8. The lowest BCUT2D eigenvalue weighted by molar-refractivity contribution is 0.0904. The Bertz CT molecular complexity index is 1900. The van der Waals surface area contributed by atoms with E-state index < -0.39 is 11.6 Å². The molecule has 272 valence electrons. The highest BCUT2D eigenvalue weighted by atomic mass is 16.5. The highest BCUT2D eigenvalue weighted by Crippen LogP contribution is 2.32. The van der Waals surface area contributed by atoms with Gasteiger partial charge in [-0.25, -0.2) is 4.98 Å². The molecule has 1 unspecified atom stereocenters. The zero-order valence-electron chi connectivity index (χ0n) is 30.0. The molecule has 12 heteroatoms. The molecule has 4 aromatic rings. The molecule has 1 saturated heterocycles. The number of aromatic hydroxyl groups is 1. The van der Waals surface area contributed by atoms with Gasteiger partial charge in [0, 0.05) is 78.9 Å². The van der Waals surface area contributed by atoms with E-state index in [2.05, 4.69) is 33.2 Å². The SMILES string of the molecule is CCCNc1nc(CC)c(CNC(=O)c2cccc(CC(C)(C)NCC(O)c3ccc(O)c4[nH]c(=O)ccc34)c2)c(NC2CCOCC2)c1C=N. The van der Waals surface area contributed by atoms with Crippen molar-refractivity contribution in [2.75, 3.05) is 36.9 Å². The number of aryl methyl sites for hydroxylation is 1. The number of pyridine rings is 2. The number of hydrogen-bond donors (Lipinski definition) is 8. The number of amides is 1. The highest BCUT2D eigenvalue weighted by Gasteiger charge is 2.24. The Hall–Kier alpha value is -4.78. The van der Waals surface area contributed by atoms with Crippen LogP contribution in [0.1, 0.15) is 91.4 Å². The van der Waals surface area contributed by atoms with Crippen molar-refractivity contribution in [2.45, 2.75) is 84.0 Å². The summed E-state index contributed by atoms with van der Waals surface area (Å²) < 4.78 is 5.58. The predicted octanol–water partition coefficient (Wildman–Crippen LogP) is 5.18. The smallest absolute Gasteiger partial charge is 0.251 e. The first-order valence-electron chi connectivity index (χ1n) is 17.8. The van der Waals surface area contributed by atoms with Crippen LogP contribution in [0.4, 0.5) is 11.5 Å². The first-order chi connectivity index (χ1) is 24.5. The van der Waals surface area contributed by atoms with Gasteiger partial charge in [-0.2, -0.15) is 0 Å². The fraction of sp³-hybridized carbons (Fsp3) is 0.436. The summed E-state index contributed by atoms with van der Waals surface area (Å²) in [5.41, 5.74) is 4.86. The summed E-state index contributed by atoms with van der Waals surface area (Å²) in [6.45, 7) is 10.8. The van der Waals surface area contributed by atoms with E-state index in [1.54, 1.807) is 18.2 Å². The molecule has 0 spiro atoms. The number of carbonyl (C=O) groups is 1. The summed E-state index contributed by atoms with van der Waals surface area (Å²) in [4.78, 5) is 32.9. The van der Waals surface area contributed by atoms with E-state index >= 15 is 0 Å². The fourth-order valence-electron chi connectivity index (χ4n) is 6.60. The number of aromatic amines is 1. The number of phenols is 1. The second kappa shape index (κ2) is 17.0. The lowest BCUT2D eigenvalue weighted by Crippen LogP contribution is -2.43. The summed E-state index contributed by atoms with van der Waals surface area (Å²) >= 11 is 0. The lowest BCUT2D eigenvalue weighted by Gasteiger charge is -2.29. The Balaban J connectivity index is 1.28. The van der Waals surface area contributed by atoms with Crippen molar-refractivity contribution in [3.8, 4) is 5.75 Å². The third-order valence-electron chi connectivity index (χ3n) is 9.31. The van der Waals surface area contributed by atoms with Crippen molar-refractivity contribution in [1.29, 1.82) is 5.41 Å². The summed E-state index contributed by atoms with van der Waals surface area (Å²) in [7, 11) is 0. The Labute approximate surface area is 299 Å². The van der Waals surface area contributed by atoms with Crippen LogP contribution in [0.2, 0.25) is 0 Å². The zero-order chi connectivity index (χ0) is 36.5. The number of aliphatic hydroxyl groups is 1. The second-order valence-corrected chi connectivity index (χ2v) is 13.8. The number of nitrogens with zero attached hydrogens (tertiary/aromatic N) is 1. The minimum absolute atomic E-state index is 0.0563. The van der Waals surface area contributed by atoms with Gasteiger partial charge in [0.25, 0.3) is 5.91 Å². The lowest BCUT2D eigenvalue weighted by atomic mass is 9.93. The van der Waals surface area contributed by atoms with Crippen molar-refractivity contribution in [3.63, 3.8) is 0 Å². The molecular formula is C39H51N7O5. The van der Waals surface area contributed by atoms with Gasteiger partial charge in [-0.15, -0.1) is 0 Å². The van der Waals surface area contributed by atoms with Gasteiger partial charge in [-0.05, 0) is 81.3 Å². The molecular weight excluding hydrogens is 646 g/mol. The third-order valence-corrected chi connectivity index (χ3v) is 9.31. The molecule has 0 bridgehead atoms. The van der Waals surface area contributed by atoms with Crippen LogP contribution >= 0.6 is 0 Å². The summed E-state index contributed by atoms with van der Waals surface area (Å²) in [6, 6.07) is 13.8. The van der Waals surface area contributed by atoms with Crippen LogP contribution in [0.3, 0.4) is 0 Å². The summed E-state index contributed by atoms with van der Waals surface area (Å²) in [5, 5.41) is 43.8. The van der Waals surface area contributed by atoms with E-state index in [0.717, 1.165) is 48.3 Å². The number of β-amino-alcohol motifs (C(OH)–C–C–N with tert-alkyl or cyclic N) is 1. The largest absolute Gasteiger partial charge is 0.506 e. The van der Waals surface area contributed by atoms with Crippen LogP contribution in [-0.2, 0) is 24.1 Å². The maximum atomic E-state index is 13.6. The molecule has 12 nitrogen and oxygen atoms in total. The molecule has 8 N–H and O–H groups in total. The molecule has 2 aromatic heterocycles. The van der Waals surface area contributed by atoms with Gasteiger partial charge in [0.2, 0.25) is 5.56 Å². The van der Waals surface area contributed by atoms with E-state index in [9.17, 15) is 19.8 Å². The number of carbonyl (C=O) groups excluding carboxylic acids is 1. The molecule has 0 radical (unpaired) electrons. The maximum absolute atomic E-state index is 13.6. The van der Waals surface area contributed by atoms with Crippen molar-refractivity contribution in [1.82, 2.24) is 20.6 Å². The van der Waals surface area contributed by atoms with Gasteiger partial charge in [0.15, 0.2) is 0 Å². The van der Waals surface area contributed by atoms with Crippen molar-refractivity contribution in [2.24, 2.45) is 0 Å². The van der Waals surface area contributed by atoms with Crippen molar-refractivity contribution < 1.29 is 19.7 Å². The zero-order valence-corrected chi connectivity index (χ0v) is 30.0. The van der Waals surface area contributed by atoms with E-state index in [0.29, 0.717) is 59.5 Å². The average molecular weight is 698 g/mol. The van der Waals surface area contributed by atoms with E-state index in [-0.39, 0.29) is 36.3 Å². The Morgan fingerprint density at radius 2 is 1.94 bits per heavy atom. The number of rotatable bonds is 16. The molecule has 0 saturated carbocycles. The standard InChI is InChI=1S/C39H51N7O5/c1-5-16-41-37-29(21-40)35(44-26-14-17-51-18-15-26)30(31(6-2)45-37)22-42-38(50)25-9-7-8-24(19-25)20-39(3,4)43-23-33(48)27-10-12-32(47)36-28(27)11-13-34(49)46-36/h7-13,19,21,26,33,40,43,47-48H,5-6,14-18,20,22-23H2,1-4H3,(H,42,50)(H,46,49)(H2,41,44,45). The third kappa shape index (κ3) is 9.32. The molecule has 1 atom stereocenters. The number of hydrogen-bond acceptors (Lipinski definition) is 10. The van der Waals surface area contributed by atoms with E-state index in [4.69, 9.17) is 15.1 Å². The number of fused-ring (bicyclic) bond motifs is 1. The quantitative estimate of drug-likeness (QED) is 0.0732. The number of H-pyrrole nitrogens is 1. The summed E-state index contributed by atoms with van der Waals surface area (Å²) in [5.74, 6) is 0.413. The van der Waals surface area contributed by atoms with Crippen molar-refractivity contribution >= 4 is 34.5 Å². The minimum Gasteiger partial charge on any atom is -0.506 e. The minimum atomic E-state index is -0.895. The molecule has 1 aliphatic heterocycles. The van der Waals surface area contributed by atoms with Gasteiger partial charge in [0.1, 0.15) is 11.6 Å². The first kappa shape index (κ1) is 37.5. The molecule has 51 heavy (non-hydrogen) atoms. The van der Waals surface area contributed by atoms with Crippen LogP contribution < -0.4 is 26.8 Å². The van der Waals surface area contributed by atoms with Crippen LogP contribution in [-0.4, -0.2) is 70.2 Å². The van der Waals surface area contributed by atoms with Crippen LogP contribution in [0.5, 0.6) is 5.75 Å². The number of benzene rings is 2. The molecule has 2 aromatic carbocycles. The molecule has 0 aliphatic carbocycles. The monoisotopic (exact) mass is 697 g/mol. The van der Waals surface area contributed by atoms with Gasteiger partial charge >= 0.3 is 0 Å². The predicted molar refractivity (Wildman–Crippen MR) is 202 cm³/mol. The number of nitrogens with one attached hydrogen (secondary N) is 6. The maximum Gasteiger partial charge on any atom is 0.251 e. The molecule has 3 heterocycles. The number of anilines is 2. The number of aromatic nitrogens is 2. The van der Waals surface area contributed by atoms with Crippen LogP contribution in [0.15, 0.2) is 53.3 Å². The topological polar surface area (TPSA) is 184 Å². The van der Waals surface area contributed by atoms with Crippen LogP contribution in [0.25, 0.3) is 10.9 Å².